The van der Waals surface area contributed by atoms with Crippen LogP contribution in [-0.4, -0.2) is 26.0 Å². The zero-order chi connectivity index (χ0) is 20.0. The molecule has 3 aromatic rings. The summed E-state index contributed by atoms with van der Waals surface area (Å²) in [6.07, 6.45) is -3.76. The lowest BCUT2D eigenvalue weighted by molar-refractivity contribution is -0.133. The minimum absolute atomic E-state index is 0.00438. The van der Waals surface area contributed by atoms with E-state index in [1.54, 1.807) is 0 Å². The zero-order valence-electron chi connectivity index (χ0n) is 12.9. The van der Waals surface area contributed by atoms with Gasteiger partial charge >= 0.3 is 12.3 Å². The molecule has 0 radical (unpaired) electrons. The monoisotopic (exact) mass is 460 g/mol. The van der Waals surface area contributed by atoms with E-state index in [2.05, 4.69) is 4.98 Å². The van der Waals surface area contributed by atoms with Crippen molar-refractivity contribution in [2.75, 3.05) is 6.61 Å². The van der Waals surface area contributed by atoms with Crippen molar-refractivity contribution in [3.63, 3.8) is 0 Å². The van der Waals surface area contributed by atoms with Crippen LogP contribution in [0.5, 0.6) is 0 Å². The second-order valence-corrected chi connectivity index (χ2v) is 8.70. The van der Waals surface area contributed by atoms with Crippen LogP contribution in [-0.2, 0) is 10.9 Å². The van der Waals surface area contributed by atoms with Crippen LogP contribution in [0.25, 0.3) is 22.2 Å². The van der Waals surface area contributed by atoms with E-state index in [0.29, 0.717) is 11.3 Å². The maximum atomic E-state index is 13.6. The van der Waals surface area contributed by atoms with Gasteiger partial charge in [-0.15, -0.1) is 11.3 Å². The van der Waals surface area contributed by atoms with E-state index in [-0.39, 0.29) is 22.2 Å². The van der Waals surface area contributed by atoms with Gasteiger partial charge in [-0.3, -0.25) is 0 Å². The molecule has 3 rings (SSSR count). The molecule has 0 unspecified atom stereocenters. The van der Waals surface area contributed by atoms with E-state index in [9.17, 15) is 22.4 Å². The van der Waals surface area contributed by atoms with Crippen LogP contribution in [0.3, 0.4) is 0 Å². The molecular formula is C15H7Cl3F4N2O2S. The number of aromatic nitrogens is 2. The number of alkyl halides is 6. The first-order valence-electron chi connectivity index (χ1n) is 7.03. The molecule has 3 aromatic heterocycles. The normalized spacial score (nSPS) is 12.6. The lowest BCUT2D eigenvalue weighted by atomic mass is 10.1. The molecule has 0 amide bonds. The SMILES string of the molecule is O=C(OCC(Cl)(Cl)Cl)n1cc(-c2ccsc2C(F)(F)F)c2cc(F)cnc21. The first-order valence-corrected chi connectivity index (χ1v) is 9.04. The summed E-state index contributed by atoms with van der Waals surface area (Å²) in [7, 11) is 0. The number of fused-ring (bicyclic) bond motifs is 1. The first kappa shape index (κ1) is 20.2. The number of carbonyl (C=O) groups is 1. The fourth-order valence-corrected chi connectivity index (χ4v) is 3.33. The molecule has 4 nitrogen and oxygen atoms in total. The van der Waals surface area contributed by atoms with Crippen LogP contribution in [0.4, 0.5) is 22.4 Å². The predicted octanol–water partition coefficient (Wildman–Crippen LogP) is 6.28. The van der Waals surface area contributed by atoms with Gasteiger partial charge in [0, 0.05) is 22.7 Å². The molecule has 0 saturated heterocycles. The Hall–Kier alpha value is -1.55. The van der Waals surface area contributed by atoms with Crippen LogP contribution < -0.4 is 0 Å². The first-order chi connectivity index (χ1) is 12.5. The number of thiophene rings is 1. The predicted molar refractivity (Wildman–Crippen MR) is 95.0 cm³/mol. The van der Waals surface area contributed by atoms with Crippen molar-refractivity contribution in [3.05, 3.63) is 40.6 Å². The Balaban J connectivity index is 2.14. The van der Waals surface area contributed by atoms with Crippen LogP contribution in [0.2, 0.25) is 0 Å². The summed E-state index contributed by atoms with van der Waals surface area (Å²) in [5, 5.41) is 1.25. The molecule has 0 aliphatic heterocycles. The van der Waals surface area contributed by atoms with Crippen molar-refractivity contribution < 1.29 is 27.1 Å². The highest BCUT2D eigenvalue weighted by molar-refractivity contribution is 7.10. The molecular weight excluding hydrogens is 455 g/mol. The number of nitrogens with zero attached hydrogens (tertiary/aromatic N) is 2. The zero-order valence-corrected chi connectivity index (χ0v) is 15.9. The third-order valence-electron chi connectivity index (χ3n) is 3.38. The number of carbonyl (C=O) groups excluding carboxylic acids is 1. The molecule has 12 heteroatoms. The highest BCUT2D eigenvalue weighted by Gasteiger charge is 2.36. The van der Waals surface area contributed by atoms with Crippen molar-refractivity contribution in [2.24, 2.45) is 0 Å². The maximum Gasteiger partial charge on any atom is 0.426 e. The van der Waals surface area contributed by atoms with Crippen molar-refractivity contribution >= 4 is 63.3 Å². The van der Waals surface area contributed by atoms with E-state index >= 15 is 0 Å². The van der Waals surface area contributed by atoms with Gasteiger partial charge in [0.2, 0.25) is 3.79 Å². The molecule has 144 valence electrons. The van der Waals surface area contributed by atoms with E-state index in [1.807, 2.05) is 0 Å². The van der Waals surface area contributed by atoms with Crippen molar-refractivity contribution in [3.8, 4) is 11.1 Å². The fourth-order valence-electron chi connectivity index (χ4n) is 2.39. The summed E-state index contributed by atoms with van der Waals surface area (Å²) >= 11 is 17.0. The van der Waals surface area contributed by atoms with Crippen LogP contribution in [0.15, 0.2) is 29.9 Å². The van der Waals surface area contributed by atoms with Gasteiger partial charge in [0.25, 0.3) is 0 Å². The van der Waals surface area contributed by atoms with E-state index < -0.39 is 33.4 Å². The average molecular weight is 462 g/mol. The summed E-state index contributed by atoms with van der Waals surface area (Å²) in [4.78, 5) is 15.2. The van der Waals surface area contributed by atoms with E-state index in [0.717, 1.165) is 23.0 Å². The molecule has 0 fully saturated rings. The summed E-state index contributed by atoms with van der Waals surface area (Å²) in [6, 6.07) is 2.21. The minimum atomic E-state index is -4.62. The molecule has 0 aliphatic rings. The van der Waals surface area contributed by atoms with Gasteiger partial charge in [-0.1, -0.05) is 34.8 Å². The molecule has 0 spiro atoms. The number of rotatable bonds is 2. The lowest BCUT2D eigenvalue weighted by Gasteiger charge is -2.11. The number of ether oxygens (including phenoxy) is 1. The molecule has 0 atom stereocenters. The van der Waals surface area contributed by atoms with Crippen molar-refractivity contribution in [1.82, 2.24) is 9.55 Å². The molecule has 0 N–H and O–H groups in total. The molecule has 27 heavy (non-hydrogen) atoms. The van der Waals surface area contributed by atoms with E-state index in [4.69, 9.17) is 39.5 Å². The van der Waals surface area contributed by atoms with Crippen LogP contribution in [0.1, 0.15) is 4.88 Å². The van der Waals surface area contributed by atoms with Crippen molar-refractivity contribution in [2.45, 2.75) is 9.97 Å². The van der Waals surface area contributed by atoms with Gasteiger partial charge in [-0.25, -0.2) is 18.7 Å². The second kappa shape index (κ2) is 7.12. The van der Waals surface area contributed by atoms with Gasteiger partial charge in [0.1, 0.15) is 22.9 Å². The average Bonchev–Trinajstić information content (AvgIpc) is 3.15. The number of halogens is 7. The summed E-state index contributed by atoms with van der Waals surface area (Å²) in [5.41, 5.74) is -0.339. The molecule has 0 bridgehead atoms. The van der Waals surface area contributed by atoms with Gasteiger partial charge in [-0.05, 0) is 17.5 Å². The Morgan fingerprint density at radius 2 is 1.96 bits per heavy atom. The molecule has 0 aromatic carbocycles. The molecule has 0 saturated carbocycles. The third kappa shape index (κ3) is 4.31. The highest BCUT2D eigenvalue weighted by atomic mass is 35.6. The van der Waals surface area contributed by atoms with Crippen molar-refractivity contribution in [1.29, 1.82) is 0 Å². The van der Waals surface area contributed by atoms with Gasteiger partial charge in [0.15, 0.2) is 0 Å². The quantitative estimate of drug-likeness (QED) is 0.333. The van der Waals surface area contributed by atoms with E-state index in [1.165, 1.54) is 11.4 Å². The van der Waals surface area contributed by atoms with Crippen LogP contribution in [0, 0.1) is 5.82 Å². The summed E-state index contributed by atoms with van der Waals surface area (Å²) in [6.45, 7) is -0.598. The Morgan fingerprint density at radius 3 is 2.59 bits per heavy atom. The summed E-state index contributed by atoms with van der Waals surface area (Å²) in [5.74, 6) is -0.778. The molecule has 3 heterocycles. The fraction of sp³-hybridized carbons (Fsp3) is 0.200. The Morgan fingerprint density at radius 1 is 1.26 bits per heavy atom. The molecule has 0 aliphatic carbocycles. The summed E-state index contributed by atoms with van der Waals surface area (Å²) < 4.78 is 57.2. The number of hydrogen-bond donors (Lipinski definition) is 0. The standard InChI is InChI=1S/C15H7Cl3F4N2O2S/c16-14(17,18)6-26-13(25)24-5-10(9-3-7(19)4-23-12(9)24)8-1-2-27-11(8)15(20,21)22/h1-5H,6H2. The van der Waals surface area contributed by atoms with Gasteiger partial charge < -0.3 is 4.74 Å². The largest absolute Gasteiger partial charge is 0.444 e. The smallest absolute Gasteiger partial charge is 0.426 e. The Bertz CT molecular complexity index is 1010. The maximum absolute atomic E-state index is 13.6. The lowest BCUT2D eigenvalue weighted by Crippen LogP contribution is -2.20. The van der Waals surface area contributed by atoms with Gasteiger partial charge in [-0.2, -0.15) is 13.2 Å². The Kier molecular flexibility index (Phi) is 5.33. The van der Waals surface area contributed by atoms with Crippen LogP contribution >= 0.6 is 46.1 Å². The minimum Gasteiger partial charge on any atom is -0.444 e. The Labute approximate surface area is 168 Å². The number of pyridine rings is 1. The topological polar surface area (TPSA) is 44.1 Å². The highest BCUT2D eigenvalue weighted by Crippen LogP contribution is 2.43. The number of hydrogen-bond acceptors (Lipinski definition) is 4. The van der Waals surface area contributed by atoms with Gasteiger partial charge in [0.05, 0.1) is 6.20 Å². The second-order valence-electron chi connectivity index (χ2n) is 5.27. The third-order valence-corrected chi connectivity index (χ3v) is 4.67.